The number of aromatic nitrogens is 1. The molecule has 1 atom stereocenters. The van der Waals surface area contributed by atoms with Gasteiger partial charge in [0, 0.05) is 30.1 Å². The molecule has 0 aromatic carbocycles. The second-order valence-electron chi connectivity index (χ2n) is 3.20. The van der Waals surface area contributed by atoms with Gasteiger partial charge in [0.25, 0.3) is 0 Å². The van der Waals surface area contributed by atoms with E-state index in [1.807, 2.05) is 0 Å². The first kappa shape index (κ1) is 9.80. The molecule has 1 aliphatic rings. The van der Waals surface area contributed by atoms with Crippen molar-refractivity contribution >= 4 is 35.8 Å². The summed E-state index contributed by atoms with van der Waals surface area (Å²) < 4.78 is 0. The van der Waals surface area contributed by atoms with E-state index >= 15 is 0 Å². The lowest BCUT2D eigenvalue weighted by atomic mass is 10.3. The summed E-state index contributed by atoms with van der Waals surface area (Å²) in [6, 6.07) is 3.46. The highest BCUT2D eigenvalue weighted by Crippen LogP contribution is 2.24. The summed E-state index contributed by atoms with van der Waals surface area (Å²) in [6.45, 7) is 0.641. The van der Waals surface area contributed by atoms with Crippen molar-refractivity contribution in [1.29, 1.82) is 0 Å². The number of pyridine rings is 1. The molecule has 2 heterocycles. The van der Waals surface area contributed by atoms with Gasteiger partial charge in [-0.25, -0.2) is 4.98 Å². The molecular formula is C9H9ClN2OS. The largest absolute Gasteiger partial charge is 0.311 e. The summed E-state index contributed by atoms with van der Waals surface area (Å²) in [6.07, 6.45) is 2.08. The van der Waals surface area contributed by atoms with Crippen molar-refractivity contribution in [2.75, 3.05) is 11.4 Å². The zero-order valence-electron chi connectivity index (χ0n) is 7.35. The van der Waals surface area contributed by atoms with E-state index < -0.39 is 0 Å². The number of carbonyl (C=O) groups is 1. The Labute approximate surface area is 92.5 Å². The Morgan fingerprint density at radius 3 is 3.00 bits per heavy atom. The predicted octanol–water partition coefficient (Wildman–Crippen LogP) is 1.77. The zero-order chi connectivity index (χ0) is 10.1. The van der Waals surface area contributed by atoms with Crippen LogP contribution in [-0.4, -0.2) is 22.7 Å². The minimum atomic E-state index is 0.0901. The number of anilines is 1. The van der Waals surface area contributed by atoms with Crippen LogP contribution in [0.25, 0.3) is 0 Å². The van der Waals surface area contributed by atoms with E-state index in [2.05, 4.69) is 17.6 Å². The van der Waals surface area contributed by atoms with Crippen molar-refractivity contribution in [3.63, 3.8) is 0 Å². The molecular weight excluding hydrogens is 220 g/mol. The van der Waals surface area contributed by atoms with E-state index in [9.17, 15) is 4.79 Å². The zero-order valence-corrected chi connectivity index (χ0v) is 9.00. The van der Waals surface area contributed by atoms with Gasteiger partial charge in [-0.05, 0) is 12.1 Å². The molecule has 0 N–H and O–H groups in total. The maximum absolute atomic E-state index is 11.5. The van der Waals surface area contributed by atoms with Crippen molar-refractivity contribution in [3.8, 4) is 0 Å². The summed E-state index contributed by atoms with van der Waals surface area (Å²) in [5.41, 5.74) is 0.798. The third-order valence-corrected chi connectivity index (χ3v) is 2.68. The second kappa shape index (κ2) is 3.79. The van der Waals surface area contributed by atoms with E-state index in [-0.39, 0.29) is 11.2 Å². The number of thiol groups is 1. The lowest BCUT2D eigenvalue weighted by Gasteiger charge is -2.15. The van der Waals surface area contributed by atoms with Crippen molar-refractivity contribution in [1.82, 2.24) is 4.98 Å². The number of halogens is 1. The number of carbonyl (C=O) groups excluding carboxylic acids is 1. The van der Waals surface area contributed by atoms with Gasteiger partial charge in [-0.1, -0.05) is 11.6 Å². The third-order valence-electron chi connectivity index (χ3n) is 2.13. The minimum Gasteiger partial charge on any atom is -0.311 e. The predicted molar refractivity (Wildman–Crippen MR) is 59.0 cm³/mol. The van der Waals surface area contributed by atoms with Crippen LogP contribution in [0.4, 0.5) is 5.69 Å². The van der Waals surface area contributed by atoms with Gasteiger partial charge in [0.05, 0.1) is 0 Å². The molecule has 1 unspecified atom stereocenters. The third kappa shape index (κ3) is 1.86. The SMILES string of the molecule is O=C1CC(S)CN1c1ccnc(Cl)c1. The Kier molecular flexibility index (Phi) is 2.65. The van der Waals surface area contributed by atoms with Crippen LogP contribution in [0, 0.1) is 0 Å². The molecule has 1 saturated heterocycles. The van der Waals surface area contributed by atoms with Gasteiger partial charge >= 0.3 is 0 Å². The summed E-state index contributed by atoms with van der Waals surface area (Å²) in [5, 5.41) is 0.521. The summed E-state index contributed by atoms with van der Waals surface area (Å²) in [7, 11) is 0. The highest BCUT2D eigenvalue weighted by atomic mass is 35.5. The fraction of sp³-hybridized carbons (Fsp3) is 0.333. The lowest BCUT2D eigenvalue weighted by molar-refractivity contribution is -0.117. The summed E-state index contributed by atoms with van der Waals surface area (Å²) in [4.78, 5) is 17.1. The van der Waals surface area contributed by atoms with Gasteiger partial charge in [0.1, 0.15) is 5.15 Å². The van der Waals surface area contributed by atoms with Crippen LogP contribution in [0.1, 0.15) is 6.42 Å². The molecule has 0 aliphatic carbocycles. The van der Waals surface area contributed by atoms with Crippen LogP contribution in [0.2, 0.25) is 5.15 Å². The maximum Gasteiger partial charge on any atom is 0.228 e. The Bertz CT molecular complexity index is 372. The van der Waals surface area contributed by atoms with Crippen LogP contribution < -0.4 is 4.90 Å². The van der Waals surface area contributed by atoms with Crippen molar-refractivity contribution < 1.29 is 4.79 Å². The van der Waals surface area contributed by atoms with Gasteiger partial charge in [-0.3, -0.25) is 4.79 Å². The minimum absolute atomic E-state index is 0.0901. The maximum atomic E-state index is 11.5. The lowest BCUT2D eigenvalue weighted by Crippen LogP contribution is -2.24. The molecule has 1 aliphatic heterocycles. The highest BCUT2D eigenvalue weighted by molar-refractivity contribution is 7.81. The van der Waals surface area contributed by atoms with E-state index in [0.717, 1.165) is 5.69 Å². The van der Waals surface area contributed by atoms with Gasteiger partial charge in [-0.2, -0.15) is 12.6 Å². The van der Waals surface area contributed by atoms with Crippen molar-refractivity contribution in [2.24, 2.45) is 0 Å². The first-order valence-electron chi connectivity index (χ1n) is 4.27. The first-order chi connectivity index (χ1) is 6.66. The van der Waals surface area contributed by atoms with Gasteiger partial charge in [0.2, 0.25) is 5.91 Å². The van der Waals surface area contributed by atoms with E-state index in [0.29, 0.717) is 18.1 Å². The van der Waals surface area contributed by atoms with E-state index in [1.54, 1.807) is 23.2 Å². The molecule has 0 radical (unpaired) electrons. The average molecular weight is 229 g/mol. The number of nitrogens with zero attached hydrogens (tertiary/aromatic N) is 2. The fourth-order valence-electron chi connectivity index (χ4n) is 1.50. The molecule has 14 heavy (non-hydrogen) atoms. The molecule has 3 nitrogen and oxygen atoms in total. The van der Waals surface area contributed by atoms with Crippen LogP contribution in [0.3, 0.4) is 0 Å². The van der Waals surface area contributed by atoms with Gasteiger partial charge < -0.3 is 4.90 Å². The molecule has 1 aromatic rings. The smallest absolute Gasteiger partial charge is 0.228 e. The molecule has 74 valence electrons. The number of rotatable bonds is 1. The molecule has 2 rings (SSSR count). The fourth-order valence-corrected chi connectivity index (χ4v) is 1.99. The van der Waals surface area contributed by atoms with Crippen LogP contribution in [0.5, 0.6) is 0 Å². The first-order valence-corrected chi connectivity index (χ1v) is 5.16. The highest BCUT2D eigenvalue weighted by Gasteiger charge is 2.28. The van der Waals surface area contributed by atoms with E-state index in [1.165, 1.54) is 0 Å². The molecule has 5 heteroatoms. The van der Waals surface area contributed by atoms with Crippen LogP contribution in [0.15, 0.2) is 18.3 Å². The standard InChI is InChI=1S/C9H9ClN2OS/c10-8-3-6(1-2-11-8)12-5-7(14)4-9(12)13/h1-3,7,14H,4-5H2. The molecule has 0 spiro atoms. The van der Waals surface area contributed by atoms with Gasteiger partial charge in [-0.15, -0.1) is 0 Å². The Morgan fingerprint density at radius 2 is 2.43 bits per heavy atom. The average Bonchev–Trinajstić information content (AvgIpc) is 2.45. The summed E-state index contributed by atoms with van der Waals surface area (Å²) >= 11 is 10.0. The second-order valence-corrected chi connectivity index (χ2v) is 4.32. The van der Waals surface area contributed by atoms with Crippen LogP contribution in [-0.2, 0) is 4.79 Å². The monoisotopic (exact) mass is 228 g/mol. The molecule has 0 saturated carbocycles. The number of hydrogen-bond acceptors (Lipinski definition) is 3. The topological polar surface area (TPSA) is 33.2 Å². The van der Waals surface area contributed by atoms with Crippen molar-refractivity contribution in [2.45, 2.75) is 11.7 Å². The number of hydrogen-bond donors (Lipinski definition) is 1. The normalized spacial score (nSPS) is 21.7. The molecule has 0 bridgehead atoms. The van der Waals surface area contributed by atoms with Crippen LogP contribution >= 0.6 is 24.2 Å². The molecule has 1 aromatic heterocycles. The van der Waals surface area contributed by atoms with Gasteiger partial charge in [0.15, 0.2) is 0 Å². The Morgan fingerprint density at radius 1 is 1.64 bits per heavy atom. The van der Waals surface area contributed by atoms with E-state index in [4.69, 9.17) is 11.6 Å². The number of amides is 1. The molecule has 1 amide bonds. The quantitative estimate of drug-likeness (QED) is 0.587. The van der Waals surface area contributed by atoms with Crippen molar-refractivity contribution in [3.05, 3.63) is 23.5 Å². The Hall–Kier alpha value is -0.740. The summed E-state index contributed by atoms with van der Waals surface area (Å²) in [5.74, 6) is 0.0901. The Balaban J connectivity index is 2.27. The molecule has 1 fully saturated rings.